The molecule has 0 saturated heterocycles. The summed E-state index contributed by atoms with van der Waals surface area (Å²) in [6.07, 6.45) is 6.67. The molecule has 5 heteroatoms. The van der Waals surface area contributed by atoms with Crippen LogP contribution in [-0.2, 0) is 4.79 Å². The van der Waals surface area contributed by atoms with Crippen LogP contribution in [0.25, 0.3) is 5.70 Å². The molecule has 0 atom stereocenters. The molecule has 0 saturated carbocycles. The Morgan fingerprint density at radius 1 is 1.19 bits per heavy atom. The Balaban J connectivity index is 0.000000469. The van der Waals surface area contributed by atoms with Crippen molar-refractivity contribution in [2.24, 2.45) is 0 Å². The van der Waals surface area contributed by atoms with Gasteiger partial charge < -0.3 is 5.32 Å². The average Bonchev–Trinajstić information content (AvgIpc) is 2.64. The van der Waals surface area contributed by atoms with Crippen molar-refractivity contribution in [3.63, 3.8) is 0 Å². The van der Waals surface area contributed by atoms with E-state index in [0.717, 1.165) is 16.9 Å². The molecule has 0 radical (unpaired) electrons. The number of aryl methyl sites for hydroxylation is 2. The number of nitrogens with zero attached hydrogens (tertiary/aromatic N) is 2. The standard InChI is InChI=1S/C11H12N2O.C9H11NO.C2H6/c1-4-6-10(5-2)13-8-7-11(14)9(3)12-13;1-7-4-3-5-9(6-7)10-8(2)11;1-2/h4-8H,1-2H2,3H3;3-6H,1-2H3,(H,10,11);1-2H3/b10-6+;;. The summed E-state index contributed by atoms with van der Waals surface area (Å²) >= 11 is 0. The van der Waals surface area contributed by atoms with Crippen LogP contribution in [0.15, 0.2) is 72.7 Å². The number of carbonyl (C=O) groups excluding carboxylic acids is 1. The number of benzene rings is 1. The lowest BCUT2D eigenvalue weighted by atomic mass is 10.2. The van der Waals surface area contributed by atoms with Gasteiger partial charge in [-0.15, -0.1) is 0 Å². The van der Waals surface area contributed by atoms with Crippen LogP contribution < -0.4 is 10.7 Å². The fourth-order valence-electron chi connectivity index (χ4n) is 1.93. The molecule has 144 valence electrons. The molecule has 2 rings (SSSR count). The number of hydrogen-bond acceptors (Lipinski definition) is 3. The predicted octanol–water partition coefficient (Wildman–Crippen LogP) is 4.74. The Morgan fingerprint density at radius 2 is 1.85 bits per heavy atom. The first-order valence-electron chi connectivity index (χ1n) is 8.73. The second kappa shape index (κ2) is 13.1. The Kier molecular flexibility index (Phi) is 11.5. The highest BCUT2D eigenvalue weighted by atomic mass is 16.1. The molecule has 1 heterocycles. The van der Waals surface area contributed by atoms with Crippen molar-refractivity contribution in [2.75, 3.05) is 5.32 Å². The van der Waals surface area contributed by atoms with Gasteiger partial charge in [-0.1, -0.05) is 45.2 Å². The fourth-order valence-corrected chi connectivity index (χ4v) is 1.93. The van der Waals surface area contributed by atoms with Gasteiger partial charge in [0.1, 0.15) is 5.69 Å². The van der Waals surface area contributed by atoms with Gasteiger partial charge in [0.2, 0.25) is 11.3 Å². The van der Waals surface area contributed by atoms with E-state index in [1.807, 2.05) is 45.0 Å². The number of allylic oxidation sites excluding steroid dienone is 4. The molecule has 1 aromatic heterocycles. The minimum absolute atomic E-state index is 0.0319. The van der Waals surface area contributed by atoms with E-state index < -0.39 is 0 Å². The van der Waals surface area contributed by atoms with Crippen LogP contribution in [0.4, 0.5) is 5.69 Å². The molecular formula is C22H29N3O2. The highest BCUT2D eigenvalue weighted by Gasteiger charge is 1.97. The van der Waals surface area contributed by atoms with E-state index in [4.69, 9.17) is 0 Å². The first kappa shape index (κ1) is 23.8. The third kappa shape index (κ3) is 9.16. The zero-order valence-electron chi connectivity index (χ0n) is 16.8. The number of nitrogens with one attached hydrogen (secondary N) is 1. The monoisotopic (exact) mass is 367 g/mol. The van der Waals surface area contributed by atoms with Gasteiger partial charge in [-0.2, -0.15) is 5.10 Å². The molecular weight excluding hydrogens is 338 g/mol. The fraction of sp³-hybridized carbons (Fsp3) is 0.227. The van der Waals surface area contributed by atoms with Crippen LogP contribution in [0.3, 0.4) is 0 Å². The maximum absolute atomic E-state index is 11.1. The normalized spacial score (nSPS) is 9.74. The molecule has 27 heavy (non-hydrogen) atoms. The van der Waals surface area contributed by atoms with Crippen LogP contribution in [0.1, 0.15) is 32.0 Å². The summed E-state index contributed by atoms with van der Waals surface area (Å²) in [6.45, 7) is 16.4. The smallest absolute Gasteiger partial charge is 0.221 e. The van der Waals surface area contributed by atoms with Crippen molar-refractivity contribution in [1.82, 2.24) is 9.78 Å². The average molecular weight is 367 g/mol. The SMILES string of the molecule is C=C/C=C(\C=C)n1ccc(=O)c(C)n1.CC.CC(=O)Nc1cccc(C)c1. The summed E-state index contributed by atoms with van der Waals surface area (Å²) in [7, 11) is 0. The second-order valence-corrected chi connectivity index (χ2v) is 5.29. The first-order chi connectivity index (χ1) is 12.9. The van der Waals surface area contributed by atoms with E-state index in [1.54, 1.807) is 36.0 Å². The molecule has 2 aromatic rings. The lowest BCUT2D eigenvalue weighted by molar-refractivity contribution is -0.114. The minimum atomic E-state index is -0.0664. The molecule has 1 aromatic carbocycles. The largest absolute Gasteiger partial charge is 0.326 e. The molecule has 0 bridgehead atoms. The van der Waals surface area contributed by atoms with Crippen molar-refractivity contribution < 1.29 is 4.79 Å². The van der Waals surface area contributed by atoms with Crippen molar-refractivity contribution in [1.29, 1.82) is 0 Å². The van der Waals surface area contributed by atoms with E-state index in [-0.39, 0.29) is 11.3 Å². The number of rotatable bonds is 4. The van der Waals surface area contributed by atoms with Crippen LogP contribution in [0.2, 0.25) is 0 Å². The van der Waals surface area contributed by atoms with Gasteiger partial charge in [-0.3, -0.25) is 9.59 Å². The molecule has 5 nitrogen and oxygen atoms in total. The highest BCUT2D eigenvalue weighted by Crippen LogP contribution is 2.08. The number of hydrogen-bond donors (Lipinski definition) is 1. The summed E-state index contributed by atoms with van der Waals surface area (Å²) < 4.78 is 1.59. The molecule has 0 fully saturated rings. The van der Waals surface area contributed by atoms with Gasteiger partial charge in [0.15, 0.2) is 0 Å². The first-order valence-corrected chi connectivity index (χ1v) is 8.73. The zero-order chi connectivity index (χ0) is 20.8. The Labute approximate surface area is 161 Å². The van der Waals surface area contributed by atoms with E-state index in [2.05, 4.69) is 23.6 Å². The van der Waals surface area contributed by atoms with E-state index >= 15 is 0 Å². The Hall–Kier alpha value is -3.21. The van der Waals surface area contributed by atoms with Gasteiger partial charge >= 0.3 is 0 Å². The molecule has 0 aliphatic heterocycles. The minimum Gasteiger partial charge on any atom is -0.326 e. The number of carbonyl (C=O) groups is 1. The molecule has 0 spiro atoms. The summed E-state index contributed by atoms with van der Waals surface area (Å²) in [5.74, 6) is -0.0319. The lowest BCUT2D eigenvalue weighted by Gasteiger charge is -2.04. The van der Waals surface area contributed by atoms with E-state index in [9.17, 15) is 9.59 Å². The molecule has 1 amide bonds. The van der Waals surface area contributed by atoms with Crippen LogP contribution in [0, 0.1) is 13.8 Å². The van der Waals surface area contributed by atoms with Crippen molar-refractivity contribution in [3.05, 3.63) is 89.4 Å². The predicted molar refractivity (Wildman–Crippen MR) is 115 cm³/mol. The third-order valence-corrected chi connectivity index (χ3v) is 3.08. The topological polar surface area (TPSA) is 64.0 Å². The van der Waals surface area contributed by atoms with Crippen LogP contribution in [-0.4, -0.2) is 15.7 Å². The van der Waals surface area contributed by atoms with Gasteiger partial charge in [-0.05, 0) is 43.7 Å². The lowest BCUT2D eigenvalue weighted by Crippen LogP contribution is -2.12. The summed E-state index contributed by atoms with van der Waals surface area (Å²) in [6, 6.07) is 9.19. The third-order valence-electron chi connectivity index (χ3n) is 3.08. The maximum Gasteiger partial charge on any atom is 0.221 e. The van der Waals surface area contributed by atoms with Crippen molar-refractivity contribution >= 4 is 17.3 Å². The maximum atomic E-state index is 11.1. The summed E-state index contributed by atoms with van der Waals surface area (Å²) in [4.78, 5) is 21.7. The molecule has 0 unspecified atom stereocenters. The Morgan fingerprint density at radius 3 is 2.33 bits per heavy atom. The Bertz CT molecular complexity index is 849. The number of amides is 1. The van der Waals surface area contributed by atoms with E-state index in [1.165, 1.54) is 13.0 Å². The molecule has 0 aliphatic carbocycles. The van der Waals surface area contributed by atoms with Gasteiger partial charge in [0.05, 0.1) is 5.70 Å². The molecule has 0 aliphatic rings. The highest BCUT2D eigenvalue weighted by molar-refractivity contribution is 5.88. The van der Waals surface area contributed by atoms with Crippen molar-refractivity contribution in [3.8, 4) is 0 Å². The van der Waals surface area contributed by atoms with Gasteiger partial charge in [0.25, 0.3) is 0 Å². The van der Waals surface area contributed by atoms with Gasteiger partial charge in [0, 0.05) is 24.9 Å². The van der Waals surface area contributed by atoms with E-state index in [0.29, 0.717) is 5.69 Å². The summed E-state index contributed by atoms with van der Waals surface area (Å²) in [5, 5.41) is 6.79. The van der Waals surface area contributed by atoms with Crippen LogP contribution in [0.5, 0.6) is 0 Å². The summed E-state index contributed by atoms with van der Waals surface area (Å²) in [5.41, 5.74) is 3.18. The van der Waals surface area contributed by atoms with Gasteiger partial charge in [-0.25, -0.2) is 4.68 Å². The number of aromatic nitrogens is 2. The quantitative estimate of drug-likeness (QED) is 0.794. The van der Waals surface area contributed by atoms with Crippen LogP contribution >= 0.6 is 0 Å². The number of anilines is 1. The van der Waals surface area contributed by atoms with Crippen molar-refractivity contribution in [2.45, 2.75) is 34.6 Å². The second-order valence-electron chi connectivity index (χ2n) is 5.29. The zero-order valence-corrected chi connectivity index (χ0v) is 16.8. The molecule has 1 N–H and O–H groups in total.